The van der Waals surface area contributed by atoms with Crippen LogP contribution in [0.15, 0.2) is 18.7 Å². The lowest BCUT2D eigenvalue weighted by Crippen LogP contribution is -2.25. The minimum absolute atomic E-state index is 0.0832. The monoisotopic (exact) mass is 272 g/mol. The van der Waals surface area contributed by atoms with E-state index in [1.54, 1.807) is 13.0 Å². The SMILES string of the molecule is C[C@H](N)c1ncnn1-c1cnc(C(=O)NCC#N)cn1. The molecular weight excluding hydrogens is 260 g/mol. The van der Waals surface area contributed by atoms with Crippen LogP contribution in [0.3, 0.4) is 0 Å². The van der Waals surface area contributed by atoms with Crippen LogP contribution in [-0.4, -0.2) is 37.2 Å². The fourth-order valence-electron chi connectivity index (χ4n) is 1.50. The van der Waals surface area contributed by atoms with Crippen molar-refractivity contribution in [2.24, 2.45) is 5.73 Å². The molecule has 1 atom stereocenters. The lowest BCUT2D eigenvalue weighted by atomic mass is 10.3. The van der Waals surface area contributed by atoms with E-state index in [0.29, 0.717) is 11.6 Å². The number of carbonyl (C=O) groups is 1. The van der Waals surface area contributed by atoms with Crippen LogP contribution in [0.5, 0.6) is 0 Å². The Labute approximate surface area is 114 Å². The first-order valence-electron chi connectivity index (χ1n) is 5.76. The standard InChI is InChI=1S/C11H12N8O/c1-7(13)10-17-6-18-19(10)9-5-15-8(4-16-9)11(20)14-3-2-12/h4-7H,3,13H2,1H3,(H,14,20)/t7-/m0/s1. The van der Waals surface area contributed by atoms with E-state index in [1.807, 2.05) is 0 Å². The van der Waals surface area contributed by atoms with E-state index in [1.165, 1.54) is 23.4 Å². The number of rotatable bonds is 4. The van der Waals surface area contributed by atoms with Crippen LogP contribution in [0.2, 0.25) is 0 Å². The van der Waals surface area contributed by atoms with Gasteiger partial charge in [0.25, 0.3) is 5.91 Å². The predicted octanol–water partition coefficient (Wildman–Crippen LogP) is -0.670. The molecule has 9 nitrogen and oxygen atoms in total. The predicted molar refractivity (Wildman–Crippen MR) is 67.5 cm³/mol. The Balaban J connectivity index is 2.22. The van der Waals surface area contributed by atoms with Gasteiger partial charge in [-0.15, -0.1) is 0 Å². The number of carbonyl (C=O) groups excluding carboxylic acids is 1. The van der Waals surface area contributed by atoms with E-state index in [0.717, 1.165) is 0 Å². The highest BCUT2D eigenvalue weighted by atomic mass is 16.1. The Hall–Kier alpha value is -2.86. The molecule has 0 bridgehead atoms. The number of nitrogens with zero attached hydrogens (tertiary/aromatic N) is 6. The molecule has 3 N–H and O–H groups in total. The maximum absolute atomic E-state index is 11.6. The number of nitrogens with one attached hydrogen (secondary N) is 1. The third-order valence-electron chi connectivity index (χ3n) is 2.40. The van der Waals surface area contributed by atoms with Gasteiger partial charge in [-0.05, 0) is 6.92 Å². The summed E-state index contributed by atoms with van der Waals surface area (Å²) in [6, 6.07) is 1.50. The zero-order valence-corrected chi connectivity index (χ0v) is 10.7. The Morgan fingerprint density at radius 1 is 1.50 bits per heavy atom. The van der Waals surface area contributed by atoms with Crippen LogP contribution < -0.4 is 11.1 Å². The molecule has 2 rings (SSSR count). The number of nitrogens with two attached hydrogens (primary N) is 1. The summed E-state index contributed by atoms with van der Waals surface area (Å²) in [6.07, 6.45) is 4.06. The number of amides is 1. The highest BCUT2D eigenvalue weighted by Gasteiger charge is 2.13. The normalized spacial score (nSPS) is 11.7. The summed E-state index contributed by atoms with van der Waals surface area (Å²) < 4.78 is 1.45. The molecule has 0 radical (unpaired) electrons. The van der Waals surface area contributed by atoms with Gasteiger partial charge >= 0.3 is 0 Å². The Kier molecular flexibility index (Phi) is 3.97. The summed E-state index contributed by atoms with van der Waals surface area (Å²) in [5.41, 5.74) is 5.88. The van der Waals surface area contributed by atoms with Gasteiger partial charge in [0, 0.05) is 0 Å². The third-order valence-corrected chi connectivity index (χ3v) is 2.40. The largest absolute Gasteiger partial charge is 0.338 e. The maximum atomic E-state index is 11.6. The fourth-order valence-corrected chi connectivity index (χ4v) is 1.50. The lowest BCUT2D eigenvalue weighted by Gasteiger charge is -2.07. The summed E-state index contributed by atoms with van der Waals surface area (Å²) in [7, 11) is 0. The van der Waals surface area contributed by atoms with E-state index in [2.05, 4.69) is 25.4 Å². The molecule has 0 aliphatic carbocycles. The third kappa shape index (κ3) is 2.76. The first-order chi connectivity index (χ1) is 9.63. The zero-order valence-electron chi connectivity index (χ0n) is 10.7. The minimum Gasteiger partial charge on any atom is -0.338 e. The zero-order chi connectivity index (χ0) is 14.5. The Morgan fingerprint density at radius 3 is 2.90 bits per heavy atom. The van der Waals surface area contributed by atoms with Crippen molar-refractivity contribution in [3.63, 3.8) is 0 Å². The minimum atomic E-state index is -0.461. The molecule has 0 unspecified atom stereocenters. The number of hydrogen-bond acceptors (Lipinski definition) is 7. The maximum Gasteiger partial charge on any atom is 0.272 e. The van der Waals surface area contributed by atoms with Crippen molar-refractivity contribution in [1.82, 2.24) is 30.0 Å². The first kappa shape index (κ1) is 13.6. The van der Waals surface area contributed by atoms with Gasteiger partial charge < -0.3 is 11.1 Å². The van der Waals surface area contributed by atoms with Crippen molar-refractivity contribution >= 4 is 5.91 Å². The summed E-state index contributed by atoms with van der Waals surface area (Å²) in [5.74, 6) is 0.490. The van der Waals surface area contributed by atoms with Gasteiger partial charge in [0.15, 0.2) is 11.6 Å². The Bertz CT molecular complexity index is 639. The van der Waals surface area contributed by atoms with Crippen LogP contribution in [-0.2, 0) is 0 Å². The van der Waals surface area contributed by atoms with Crippen LogP contribution >= 0.6 is 0 Å². The highest BCUT2D eigenvalue weighted by molar-refractivity contribution is 5.92. The second kappa shape index (κ2) is 5.85. The number of aromatic nitrogens is 5. The molecule has 1 amide bonds. The van der Waals surface area contributed by atoms with E-state index < -0.39 is 5.91 Å². The first-order valence-corrected chi connectivity index (χ1v) is 5.76. The molecule has 2 aromatic rings. The van der Waals surface area contributed by atoms with Crippen molar-refractivity contribution in [3.8, 4) is 11.9 Å². The molecule has 102 valence electrons. The smallest absolute Gasteiger partial charge is 0.272 e. The number of nitriles is 1. The summed E-state index contributed by atoms with van der Waals surface area (Å²) in [6.45, 7) is 1.69. The van der Waals surface area contributed by atoms with Gasteiger partial charge in [-0.1, -0.05) is 0 Å². The van der Waals surface area contributed by atoms with Crippen molar-refractivity contribution < 1.29 is 4.79 Å². The molecule has 0 aliphatic heterocycles. The van der Waals surface area contributed by atoms with Crippen LogP contribution in [0.25, 0.3) is 5.82 Å². The van der Waals surface area contributed by atoms with Gasteiger partial charge in [0.2, 0.25) is 0 Å². The van der Waals surface area contributed by atoms with Gasteiger partial charge in [0.1, 0.15) is 18.6 Å². The molecule has 2 heterocycles. The van der Waals surface area contributed by atoms with Gasteiger partial charge in [0.05, 0.1) is 24.5 Å². The molecule has 0 fully saturated rings. The van der Waals surface area contributed by atoms with Crippen molar-refractivity contribution in [2.75, 3.05) is 6.54 Å². The lowest BCUT2D eigenvalue weighted by molar-refractivity contribution is 0.0953. The van der Waals surface area contributed by atoms with E-state index in [9.17, 15) is 4.79 Å². The Morgan fingerprint density at radius 2 is 2.30 bits per heavy atom. The van der Waals surface area contributed by atoms with Gasteiger partial charge in [-0.3, -0.25) is 4.79 Å². The second-order valence-electron chi connectivity index (χ2n) is 3.92. The van der Waals surface area contributed by atoms with Crippen molar-refractivity contribution in [3.05, 3.63) is 30.2 Å². The molecule has 0 saturated heterocycles. The quantitative estimate of drug-likeness (QED) is 0.704. The molecule has 0 spiro atoms. The number of hydrogen-bond donors (Lipinski definition) is 2. The van der Waals surface area contributed by atoms with E-state index >= 15 is 0 Å². The summed E-state index contributed by atoms with van der Waals surface area (Å²) in [5, 5.41) is 14.8. The summed E-state index contributed by atoms with van der Waals surface area (Å²) >= 11 is 0. The van der Waals surface area contributed by atoms with Crippen LogP contribution in [0, 0.1) is 11.3 Å². The van der Waals surface area contributed by atoms with Crippen molar-refractivity contribution in [2.45, 2.75) is 13.0 Å². The molecule has 0 aromatic carbocycles. The molecular formula is C11H12N8O. The average Bonchev–Trinajstić information content (AvgIpc) is 2.94. The summed E-state index contributed by atoms with van der Waals surface area (Å²) in [4.78, 5) is 23.7. The topological polar surface area (TPSA) is 135 Å². The van der Waals surface area contributed by atoms with Crippen LogP contribution in [0.4, 0.5) is 0 Å². The average molecular weight is 272 g/mol. The van der Waals surface area contributed by atoms with Gasteiger partial charge in [-0.2, -0.15) is 15.0 Å². The highest BCUT2D eigenvalue weighted by Crippen LogP contribution is 2.10. The fraction of sp³-hybridized carbons (Fsp3) is 0.273. The molecule has 0 saturated carbocycles. The molecule has 0 aliphatic rings. The van der Waals surface area contributed by atoms with Crippen LogP contribution in [0.1, 0.15) is 29.3 Å². The van der Waals surface area contributed by atoms with E-state index in [4.69, 9.17) is 11.0 Å². The van der Waals surface area contributed by atoms with E-state index in [-0.39, 0.29) is 18.3 Å². The van der Waals surface area contributed by atoms with Gasteiger partial charge in [-0.25, -0.2) is 15.0 Å². The molecule has 2 aromatic heterocycles. The van der Waals surface area contributed by atoms with Crippen molar-refractivity contribution in [1.29, 1.82) is 5.26 Å². The second-order valence-corrected chi connectivity index (χ2v) is 3.92. The molecule has 9 heteroatoms. The molecule has 20 heavy (non-hydrogen) atoms.